The topological polar surface area (TPSA) is 132 Å². The molecule has 1 saturated carbocycles. The molecule has 7 rings (SSSR count). The second kappa shape index (κ2) is 11.3. The fourth-order valence-corrected chi connectivity index (χ4v) is 9.10. The molecule has 46 heavy (non-hydrogen) atoms. The first kappa shape index (κ1) is 30.6. The predicted molar refractivity (Wildman–Crippen MR) is 169 cm³/mol. The average Bonchev–Trinajstić information content (AvgIpc) is 3.29. The molecule has 1 amide bonds. The van der Waals surface area contributed by atoms with Crippen LogP contribution in [0.5, 0.6) is 11.6 Å². The molecular formula is C33H37N7O5S. The molecule has 4 aliphatic rings. The summed E-state index contributed by atoms with van der Waals surface area (Å²) in [5.41, 5.74) is -0.223. The Morgan fingerprint density at radius 1 is 1.04 bits per heavy atom. The van der Waals surface area contributed by atoms with Crippen molar-refractivity contribution >= 4 is 21.6 Å². The SMILES string of the molecule is CCOc1ncccc1C1(N2CC3(CC(N4CCN(C)CC4)C3)C2)C(=O)N(S(=O)(=O)c2ccc(OC)cn2)c2ccc(C#N)cc21. The minimum atomic E-state index is -4.48. The van der Waals surface area contributed by atoms with Gasteiger partial charge in [0.25, 0.3) is 15.9 Å². The summed E-state index contributed by atoms with van der Waals surface area (Å²) in [7, 11) is -0.863. The van der Waals surface area contributed by atoms with Crippen LogP contribution in [0, 0.1) is 16.7 Å². The number of hydrogen-bond donors (Lipinski definition) is 0. The van der Waals surface area contributed by atoms with E-state index in [-0.39, 0.29) is 22.0 Å². The van der Waals surface area contributed by atoms with Gasteiger partial charge in [-0.25, -0.2) is 9.97 Å². The van der Waals surface area contributed by atoms with E-state index < -0.39 is 21.5 Å². The standard InChI is InChI=1S/C33H37N7O5S/c1-4-45-30-26(6-5-11-35-30)33(39-21-32(22-39)17-24(18-32)38-14-12-37(2)13-15-38)27-16-23(19-34)7-9-28(27)40(31(33)41)46(42,43)29-10-8-25(44-3)20-36-29/h5-11,16,20,24H,4,12-15,17-18,21-22H2,1-3H3. The lowest BCUT2D eigenvalue weighted by Gasteiger charge is -2.64. The lowest BCUT2D eigenvalue weighted by Crippen LogP contribution is -2.73. The zero-order valence-corrected chi connectivity index (χ0v) is 27.0. The highest BCUT2D eigenvalue weighted by molar-refractivity contribution is 7.93. The number of likely N-dealkylation sites (tertiary alicyclic amines) is 1. The van der Waals surface area contributed by atoms with Crippen LogP contribution in [0.4, 0.5) is 5.69 Å². The van der Waals surface area contributed by atoms with Crippen LogP contribution in [-0.4, -0.2) is 105 Å². The normalized spacial score (nSPS) is 23.4. The molecule has 13 heteroatoms. The Morgan fingerprint density at radius 2 is 1.80 bits per heavy atom. The fourth-order valence-electron chi connectivity index (χ4n) is 7.71. The molecule has 1 spiro atoms. The minimum Gasteiger partial charge on any atom is -0.495 e. The quantitative estimate of drug-likeness (QED) is 0.359. The Balaban J connectivity index is 1.33. The van der Waals surface area contributed by atoms with E-state index in [1.165, 1.54) is 37.6 Å². The summed E-state index contributed by atoms with van der Waals surface area (Å²) in [6.07, 6.45) is 4.94. The van der Waals surface area contributed by atoms with Gasteiger partial charge in [0.1, 0.15) is 5.75 Å². The van der Waals surface area contributed by atoms with E-state index in [9.17, 15) is 13.7 Å². The van der Waals surface area contributed by atoms with Crippen LogP contribution >= 0.6 is 0 Å². The summed E-state index contributed by atoms with van der Waals surface area (Å²) in [6, 6.07) is 13.7. The summed E-state index contributed by atoms with van der Waals surface area (Å²) < 4.78 is 40.6. The highest BCUT2D eigenvalue weighted by atomic mass is 32.2. The molecule has 3 aliphatic heterocycles. The van der Waals surface area contributed by atoms with E-state index >= 15 is 4.79 Å². The third kappa shape index (κ3) is 4.58. The monoisotopic (exact) mass is 643 g/mol. The number of aromatic nitrogens is 2. The summed E-state index contributed by atoms with van der Waals surface area (Å²) >= 11 is 0. The molecule has 0 N–H and O–H groups in total. The number of nitrogens with zero attached hydrogens (tertiary/aromatic N) is 7. The first-order chi connectivity index (χ1) is 22.2. The van der Waals surface area contributed by atoms with E-state index in [0.29, 0.717) is 48.2 Å². The van der Waals surface area contributed by atoms with Crippen LogP contribution in [0.3, 0.4) is 0 Å². The highest BCUT2D eigenvalue weighted by Gasteiger charge is 2.67. The molecule has 2 aromatic heterocycles. The van der Waals surface area contributed by atoms with Crippen molar-refractivity contribution < 1.29 is 22.7 Å². The number of benzene rings is 1. The number of methoxy groups -OCH3 is 1. The smallest absolute Gasteiger partial charge is 0.288 e. The number of piperazine rings is 1. The van der Waals surface area contributed by atoms with Gasteiger partial charge in [0.05, 0.1) is 37.2 Å². The van der Waals surface area contributed by atoms with Gasteiger partial charge in [-0.05, 0) is 74.7 Å². The molecule has 1 aliphatic carbocycles. The van der Waals surface area contributed by atoms with Gasteiger partial charge in [0.15, 0.2) is 10.6 Å². The van der Waals surface area contributed by atoms with Gasteiger partial charge < -0.3 is 14.4 Å². The largest absolute Gasteiger partial charge is 0.495 e. The number of hydrogen-bond acceptors (Lipinski definition) is 11. The molecule has 0 radical (unpaired) electrons. The third-order valence-electron chi connectivity index (χ3n) is 10.0. The first-order valence-electron chi connectivity index (χ1n) is 15.6. The zero-order chi connectivity index (χ0) is 32.3. The lowest BCUT2D eigenvalue weighted by molar-refractivity contribution is -0.159. The number of pyridine rings is 2. The zero-order valence-electron chi connectivity index (χ0n) is 26.2. The molecule has 1 atom stereocenters. The second-order valence-electron chi connectivity index (χ2n) is 12.7. The van der Waals surface area contributed by atoms with Gasteiger partial charge in [-0.15, -0.1) is 0 Å². The summed E-state index contributed by atoms with van der Waals surface area (Å²) in [5, 5.41) is 9.64. The van der Waals surface area contributed by atoms with Crippen molar-refractivity contribution in [3.05, 3.63) is 71.5 Å². The number of carbonyl (C=O) groups excluding carboxylic acids is 1. The number of sulfonamides is 1. The van der Waals surface area contributed by atoms with Crippen molar-refractivity contribution in [2.75, 3.05) is 64.3 Å². The number of rotatable bonds is 8. The summed E-state index contributed by atoms with van der Waals surface area (Å²) in [4.78, 5) is 30.8. The number of amides is 1. The first-order valence-corrected chi connectivity index (χ1v) is 17.0. The van der Waals surface area contributed by atoms with E-state index in [4.69, 9.17) is 9.47 Å². The third-order valence-corrected chi connectivity index (χ3v) is 11.7. The Morgan fingerprint density at radius 3 is 2.46 bits per heavy atom. The van der Waals surface area contributed by atoms with E-state index in [2.05, 4.69) is 37.8 Å². The van der Waals surface area contributed by atoms with Crippen molar-refractivity contribution in [2.24, 2.45) is 5.41 Å². The maximum atomic E-state index is 15.2. The van der Waals surface area contributed by atoms with E-state index in [1.807, 2.05) is 6.92 Å². The van der Waals surface area contributed by atoms with Crippen molar-refractivity contribution in [1.82, 2.24) is 24.7 Å². The molecule has 1 unspecified atom stereocenters. The number of anilines is 1. The number of likely N-dealkylation sites (N-methyl/N-ethyl adjacent to an activating group) is 1. The number of carbonyl (C=O) groups is 1. The van der Waals surface area contributed by atoms with Crippen LogP contribution in [-0.2, 0) is 20.4 Å². The predicted octanol–water partition coefficient (Wildman–Crippen LogP) is 2.45. The maximum absolute atomic E-state index is 15.2. The molecule has 240 valence electrons. The molecular weight excluding hydrogens is 606 g/mol. The Bertz CT molecular complexity index is 1810. The van der Waals surface area contributed by atoms with Crippen LogP contribution < -0.4 is 13.8 Å². The molecule has 1 aromatic carbocycles. The van der Waals surface area contributed by atoms with Gasteiger partial charge in [-0.3, -0.25) is 14.6 Å². The van der Waals surface area contributed by atoms with Crippen LogP contribution in [0.1, 0.15) is 36.5 Å². The number of fused-ring (bicyclic) bond motifs is 1. The fraction of sp³-hybridized carbons (Fsp3) is 0.455. The molecule has 0 bridgehead atoms. The molecule has 12 nitrogen and oxygen atoms in total. The lowest BCUT2D eigenvalue weighted by atomic mass is 9.58. The van der Waals surface area contributed by atoms with Crippen molar-refractivity contribution in [1.29, 1.82) is 5.26 Å². The van der Waals surface area contributed by atoms with Crippen molar-refractivity contribution in [3.63, 3.8) is 0 Å². The Labute approximate surface area is 269 Å². The van der Waals surface area contributed by atoms with Gasteiger partial charge in [0, 0.05) is 62.6 Å². The van der Waals surface area contributed by atoms with Crippen LogP contribution in [0.2, 0.25) is 0 Å². The van der Waals surface area contributed by atoms with Crippen LogP contribution in [0.15, 0.2) is 59.9 Å². The number of ether oxygens (including phenoxy) is 2. The van der Waals surface area contributed by atoms with Crippen LogP contribution in [0.25, 0.3) is 0 Å². The van der Waals surface area contributed by atoms with E-state index in [1.54, 1.807) is 24.4 Å². The molecule has 5 heterocycles. The van der Waals surface area contributed by atoms with Gasteiger partial charge >= 0.3 is 0 Å². The molecule has 2 saturated heterocycles. The molecule has 3 aromatic rings. The highest BCUT2D eigenvalue weighted by Crippen LogP contribution is 2.59. The minimum absolute atomic E-state index is 0.0200. The summed E-state index contributed by atoms with van der Waals surface area (Å²) in [6.45, 7) is 7.53. The van der Waals surface area contributed by atoms with E-state index in [0.717, 1.165) is 43.3 Å². The average molecular weight is 644 g/mol. The Hall–Kier alpha value is -4.09. The van der Waals surface area contributed by atoms with Crippen molar-refractivity contribution in [3.8, 4) is 17.7 Å². The molecule has 3 fully saturated rings. The van der Waals surface area contributed by atoms with Gasteiger partial charge in [-0.1, -0.05) is 0 Å². The number of nitriles is 1. The maximum Gasteiger partial charge on any atom is 0.288 e. The van der Waals surface area contributed by atoms with Gasteiger partial charge in [-0.2, -0.15) is 18.0 Å². The van der Waals surface area contributed by atoms with Crippen molar-refractivity contribution in [2.45, 2.75) is 36.4 Å². The summed E-state index contributed by atoms with van der Waals surface area (Å²) in [5.74, 6) is -0.0367. The second-order valence-corrected chi connectivity index (χ2v) is 14.4. The van der Waals surface area contributed by atoms with Gasteiger partial charge in [0.2, 0.25) is 5.88 Å². The Kier molecular flexibility index (Phi) is 7.51.